The SMILES string of the molecule is CCC(CC)(CCl)CNc1ccnc(C)c1. The highest BCUT2D eigenvalue weighted by Gasteiger charge is 2.24. The lowest BCUT2D eigenvalue weighted by Crippen LogP contribution is -2.30. The van der Waals surface area contributed by atoms with Crippen molar-refractivity contribution in [3.8, 4) is 0 Å². The summed E-state index contributed by atoms with van der Waals surface area (Å²) in [5.41, 5.74) is 2.37. The molecule has 0 amide bonds. The van der Waals surface area contributed by atoms with Crippen LogP contribution in [0.15, 0.2) is 18.3 Å². The summed E-state index contributed by atoms with van der Waals surface area (Å²) in [6.45, 7) is 7.32. The Morgan fingerprint density at radius 2 is 2.06 bits per heavy atom. The minimum atomic E-state index is 0.207. The highest BCUT2D eigenvalue weighted by atomic mass is 35.5. The molecular weight excluding hydrogens is 220 g/mol. The first-order valence-corrected chi connectivity index (χ1v) is 6.41. The molecule has 0 bridgehead atoms. The molecule has 1 N–H and O–H groups in total. The molecule has 0 aliphatic carbocycles. The molecule has 1 heterocycles. The van der Waals surface area contributed by atoms with E-state index in [0.717, 1.165) is 30.8 Å². The van der Waals surface area contributed by atoms with Crippen molar-refractivity contribution < 1.29 is 0 Å². The zero-order valence-electron chi connectivity index (χ0n) is 10.4. The first-order chi connectivity index (χ1) is 7.65. The van der Waals surface area contributed by atoms with Gasteiger partial charge in [-0.25, -0.2) is 0 Å². The largest absolute Gasteiger partial charge is 0.384 e. The van der Waals surface area contributed by atoms with E-state index >= 15 is 0 Å². The number of pyridine rings is 1. The lowest BCUT2D eigenvalue weighted by atomic mass is 9.84. The van der Waals surface area contributed by atoms with Gasteiger partial charge in [0.25, 0.3) is 0 Å². The fraction of sp³-hybridized carbons (Fsp3) is 0.615. The van der Waals surface area contributed by atoms with E-state index < -0.39 is 0 Å². The second kappa shape index (κ2) is 6.09. The van der Waals surface area contributed by atoms with Crippen molar-refractivity contribution in [2.24, 2.45) is 5.41 Å². The molecule has 1 aromatic rings. The lowest BCUT2D eigenvalue weighted by molar-refractivity contribution is 0.327. The highest BCUT2D eigenvalue weighted by Crippen LogP contribution is 2.28. The number of hydrogen-bond donors (Lipinski definition) is 1. The molecule has 16 heavy (non-hydrogen) atoms. The van der Waals surface area contributed by atoms with Gasteiger partial charge in [-0.3, -0.25) is 4.98 Å². The molecule has 1 aromatic heterocycles. The molecule has 0 unspecified atom stereocenters. The van der Waals surface area contributed by atoms with Gasteiger partial charge in [0.05, 0.1) is 0 Å². The van der Waals surface area contributed by atoms with Gasteiger partial charge in [-0.05, 0) is 31.9 Å². The molecule has 2 nitrogen and oxygen atoms in total. The van der Waals surface area contributed by atoms with Crippen LogP contribution in [-0.4, -0.2) is 17.4 Å². The fourth-order valence-electron chi connectivity index (χ4n) is 1.68. The minimum absolute atomic E-state index is 0.207. The van der Waals surface area contributed by atoms with Gasteiger partial charge < -0.3 is 5.32 Å². The van der Waals surface area contributed by atoms with Crippen LogP contribution in [0.5, 0.6) is 0 Å². The summed E-state index contributed by atoms with van der Waals surface area (Å²) in [7, 11) is 0. The zero-order valence-corrected chi connectivity index (χ0v) is 11.1. The summed E-state index contributed by atoms with van der Waals surface area (Å²) in [5, 5.41) is 3.45. The molecule has 0 radical (unpaired) electrons. The lowest BCUT2D eigenvalue weighted by Gasteiger charge is -2.29. The molecule has 0 aliphatic rings. The van der Waals surface area contributed by atoms with Gasteiger partial charge in [0.2, 0.25) is 0 Å². The van der Waals surface area contributed by atoms with Crippen LogP contribution in [0.25, 0.3) is 0 Å². The Hall–Kier alpha value is -0.760. The molecule has 1 rings (SSSR count). The van der Waals surface area contributed by atoms with Gasteiger partial charge in [-0.1, -0.05) is 13.8 Å². The first kappa shape index (κ1) is 13.3. The van der Waals surface area contributed by atoms with E-state index in [2.05, 4.69) is 30.2 Å². The predicted octanol–water partition coefficient (Wildman–Crippen LogP) is 3.85. The zero-order chi connectivity index (χ0) is 12.0. The Balaban J connectivity index is 2.62. The van der Waals surface area contributed by atoms with E-state index in [1.807, 2.05) is 19.2 Å². The van der Waals surface area contributed by atoms with E-state index in [1.54, 1.807) is 0 Å². The number of anilines is 1. The third-order valence-corrected chi connectivity index (χ3v) is 3.91. The summed E-state index contributed by atoms with van der Waals surface area (Å²) in [6.07, 6.45) is 4.03. The van der Waals surface area contributed by atoms with Crippen molar-refractivity contribution in [2.45, 2.75) is 33.6 Å². The Labute approximate surface area is 103 Å². The van der Waals surface area contributed by atoms with Crippen LogP contribution in [0.1, 0.15) is 32.4 Å². The first-order valence-electron chi connectivity index (χ1n) is 5.88. The van der Waals surface area contributed by atoms with Crippen LogP contribution >= 0.6 is 11.6 Å². The fourth-order valence-corrected chi connectivity index (χ4v) is 2.15. The van der Waals surface area contributed by atoms with E-state index in [9.17, 15) is 0 Å². The maximum absolute atomic E-state index is 6.07. The third-order valence-electron chi connectivity index (χ3n) is 3.35. The number of aryl methyl sites for hydroxylation is 1. The van der Waals surface area contributed by atoms with Crippen LogP contribution in [0, 0.1) is 12.3 Å². The number of alkyl halides is 1. The quantitative estimate of drug-likeness (QED) is 0.764. The van der Waals surface area contributed by atoms with Gasteiger partial charge in [0.15, 0.2) is 0 Å². The van der Waals surface area contributed by atoms with Gasteiger partial charge in [0, 0.05) is 35.4 Å². The summed E-state index contributed by atoms with van der Waals surface area (Å²) >= 11 is 6.07. The summed E-state index contributed by atoms with van der Waals surface area (Å²) in [6, 6.07) is 4.06. The monoisotopic (exact) mass is 240 g/mol. The molecule has 3 heteroatoms. The second-order valence-corrected chi connectivity index (χ2v) is 4.65. The molecule has 0 aliphatic heterocycles. The van der Waals surface area contributed by atoms with Crippen LogP contribution in [0.2, 0.25) is 0 Å². The second-order valence-electron chi connectivity index (χ2n) is 4.38. The van der Waals surface area contributed by atoms with Crippen LogP contribution < -0.4 is 5.32 Å². The van der Waals surface area contributed by atoms with Crippen molar-refractivity contribution in [1.82, 2.24) is 4.98 Å². The van der Waals surface area contributed by atoms with E-state index in [1.165, 1.54) is 0 Å². The standard InChI is InChI=1S/C13H21ClN2/c1-4-13(5-2,9-14)10-16-12-6-7-15-11(3)8-12/h6-8H,4-5,9-10H2,1-3H3,(H,15,16). The molecular formula is C13H21ClN2. The number of aromatic nitrogens is 1. The Morgan fingerprint density at radius 3 is 2.56 bits per heavy atom. The van der Waals surface area contributed by atoms with Crippen molar-refractivity contribution in [3.63, 3.8) is 0 Å². The van der Waals surface area contributed by atoms with E-state index in [-0.39, 0.29) is 5.41 Å². The van der Waals surface area contributed by atoms with Crippen LogP contribution in [0.3, 0.4) is 0 Å². The molecule has 90 valence electrons. The maximum Gasteiger partial charge on any atom is 0.0393 e. The highest BCUT2D eigenvalue weighted by molar-refractivity contribution is 6.18. The van der Waals surface area contributed by atoms with E-state index in [0.29, 0.717) is 5.88 Å². The van der Waals surface area contributed by atoms with Gasteiger partial charge in [-0.15, -0.1) is 11.6 Å². The number of halogens is 1. The number of rotatable bonds is 6. The molecule has 0 saturated heterocycles. The van der Waals surface area contributed by atoms with Crippen molar-refractivity contribution >= 4 is 17.3 Å². The molecule has 0 saturated carbocycles. The number of hydrogen-bond acceptors (Lipinski definition) is 2. The third kappa shape index (κ3) is 3.38. The summed E-state index contributed by atoms with van der Waals surface area (Å²) in [5.74, 6) is 0.705. The van der Waals surface area contributed by atoms with Crippen molar-refractivity contribution in [2.75, 3.05) is 17.7 Å². The summed E-state index contributed by atoms with van der Waals surface area (Å²) in [4.78, 5) is 4.18. The Bertz CT molecular complexity index is 313. The normalized spacial score (nSPS) is 11.5. The van der Waals surface area contributed by atoms with Gasteiger partial charge in [0.1, 0.15) is 0 Å². The molecule has 0 aromatic carbocycles. The van der Waals surface area contributed by atoms with Gasteiger partial charge >= 0.3 is 0 Å². The number of nitrogens with one attached hydrogen (secondary N) is 1. The molecule has 0 atom stereocenters. The van der Waals surface area contributed by atoms with E-state index in [4.69, 9.17) is 11.6 Å². The molecule has 0 fully saturated rings. The Kier molecular flexibility index (Phi) is 5.07. The Morgan fingerprint density at radius 1 is 1.38 bits per heavy atom. The average molecular weight is 241 g/mol. The van der Waals surface area contributed by atoms with Crippen LogP contribution in [-0.2, 0) is 0 Å². The maximum atomic E-state index is 6.07. The predicted molar refractivity (Wildman–Crippen MR) is 71.2 cm³/mol. The summed E-state index contributed by atoms with van der Waals surface area (Å²) < 4.78 is 0. The topological polar surface area (TPSA) is 24.9 Å². The average Bonchev–Trinajstić information content (AvgIpc) is 2.32. The van der Waals surface area contributed by atoms with Crippen molar-refractivity contribution in [1.29, 1.82) is 0 Å². The minimum Gasteiger partial charge on any atom is -0.384 e. The smallest absolute Gasteiger partial charge is 0.0393 e. The van der Waals surface area contributed by atoms with Crippen LogP contribution in [0.4, 0.5) is 5.69 Å². The van der Waals surface area contributed by atoms with Crippen molar-refractivity contribution in [3.05, 3.63) is 24.0 Å². The number of nitrogens with zero attached hydrogens (tertiary/aromatic N) is 1. The molecule has 0 spiro atoms. The van der Waals surface area contributed by atoms with Gasteiger partial charge in [-0.2, -0.15) is 0 Å².